The zero-order chi connectivity index (χ0) is 9.97. The molecule has 74 valence electrons. The molecule has 1 heteroatoms. The topological polar surface area (TPSA) is 26.0 Å². The van der Waals surface area contributed by atoms with E-state index in [1.54, 1.807) is 0 Å². The normalized spacial score (nSPS) is 17.1. The highest BCUT2D eigenvalue weighted by Crippen LogP contribution is 2.41. The Kier molecular flexibility index (Phi) is 2.69. The molecule has 1 aliphatic rings. The van der Waals surface area contributed by atoms with Crippen LogP contribution in [0.4, 0.5) is 0 Å². The minimum atomic E-state index is 0.652. The van der Waals surface area contributed by atoms with Crippen LogP contribution in [-0.4, -0.2) is 6.54 Å². The van der Waals surface area contributed by atoms with Crippen LogP contribution in [0.3, 0.4) is 0 Å². The Bertz CT molecular complexity index is 331. The average Bonchev–Trinajstić information content (AvgIpc) is 2.99. The Hall–Kier alpha value is -1.08. The van der Waals surface area contributed by atoms with Crippen molar-refractivity contribution in [3.8, 4) is 0 Å². The van der Waals surface area contributed by atoms with Gasteiger partial charge < -0.3 is 5.73 Å². The standard InChI is InChI=1S/C13H17N/c1-10-2-4-11(5-3-10)13(8-9-14)12-6-7-12/h2-5,8,12H,6-7,9,14H2,1H3/b13-8-. The molecular formula is C13H17N. The fourth-order valence-corrected chi connectivity index (χ4v) is 1.79. The van der Waals surface area contributed by atoms with Gasteiger partial charge in [0.25, 0.3) is 0 Å². The molecule has 0 aliphatic heterocycles. The third-order valence-electron chi connectivity index (χ3n) is 2.74. The molecule has 1 nitrogen and oxygen atoms in total. The van der Waals surface area contributed by atoms with Crippen molar-refractivity contribution in [2.45, 2.75) is 19.8 Å². The zero-order valence-electron chi connectivity index (χ0n) is 8.66. The lowest BCUT2D eigenvalue weighted by Crippen LogP contribution is -1.97. The lowest BCUT2D eigenvalue weighted by molar-refractivity contribution is 1.12. The molecule has 0 unspecified atom stereocenters. The second-order valence-corrected chi connectivity index (χ2v) is 4.04. The summed E-state index contributed by atoms with van der Waals surface area (Å²) in [6.45, 7) is 2.77. The Morgan fingerprint density at radius 1 is 1.36 bits per heavy atom. The van der Waals surface area contributed by atoms with Gasteiger partial charge in [-0.1, -0.05) is 35.9 Å². The molecule has 0 spiro atoms. The van der Waals surface area contributed by atoms with Crippen LogP contribution in [0.25, 0.3) is 5.57 Å². The van der Waals surface area contributed by atoms with Crippen molar-refractivity contribution in [2.24, 2.45) is 11.7 Å². The van der Waals surface area contributed by atoms with Crippen LogP contribution in [0.2, 0.25) is 0 Å². The molecule has 1 aromatic carbocycles. The smallest absolute Gasteiger partial charge is 0.0112 e. The van der Waals surface area contributed by atoms with Crippen molar-refractivity contribution in [1.29, 1.82) is 0 Å². The van der Waals surface area contributed by atoms with Crippen LogP contribution in [0.1, 0.15) is 24.0 Å². The summed E-state index contributed by atoms with van der Waals surface area (Å²) in [6, 6.07) is 8.74. The van der Waals surface area contributed by atoms with Crippen LogP contribution in [0, 0.1) is 12.8 Å². The van der Waals surface area contributed by atoms with E-state index in [9.17, 15) is 0 Å². The summed E-state index contributed by atoms with van der Waals surface area (Å²) in [4.78, 5) is 0. The van der Waals surface area contributed by atoms with E-state index in [1.165, 1.54) is 29.5 Å². The maximum Gasteiger partial charge on any atom is 0.0112 e. The number of aryl methyl sites for hydroxylation is 1. The largest absolute Gasteiger partial charge is 0.327 e. The first-order valence-corrected chi connectivity index (χ1v) is 5.28. The zero-order valence-corrected chi connectivity index (χ0v) is 8.66. The maximum absolute atomic E-state index is 5.59. The Morgan fingerprint density at radius 2 is 2.00 bits per heavy atom. The number of hydrogen-bond acceptors (Lipinski definition) is 1. The second kappa shape index (κ2) is 3.97. The SMILES string of the molecule is Cc1ccc(/C(=C/CN)C2CC2)cc1. The molecule has 0 atom stereocenters. The highest BCUT2D eigenvalue weighted by atomic mass is 14.5. The monoisotopic (exact) mass is 187 g/mol. The van der Waals surface area contributed by atoms with Crippen LogP contribution in [0.15, 0.2) is 30.3 Å². The van der Waals surface area contributed by atoms with E-state index in [2.05, 4.69) is 37.3 Å². The molecule has 0 amide bonds. The van der Waals surface area contributed by atoms with E-state index < -0.39 is 0 Å². The van der Waals surface area contributed by atoms with Gasteiger partial charge in [0.1, 0.15) is 0 Å². The fourth-order valence-electron chi connectivity index (χ4n) is 1.79. The molecule has 1 saturated carbocycles. The molecule has 1 fully saturated rings. The predicted molar refractivity (Wildman–Crippen MR) is 60.9 cm³/mol. The molecule has 14 heavy (non-hydrogen) atoms. The number of rotatable bonds is 3. The summed E-state index contributed by atoms with van der Waals surface area (Å²) < 4.78 is 0. The molecule has 2 rings (SSSR count). The first-order valence-electron chi connectivity index (χ1n) is 5.28. The predicted octanol–water partition coefficient (Wildman–Crippen LogP) is 2.75. The summed E-state index contributed by atoms with van der Waals surface area (Å²) >= 11 is 0. The number of allylic oxidation sites excluding steroid dienone is 1. The molecule has 0 heterocycles. The van der Waals surface area contributed by atoms with Gasteiger partial charge in [0.05, 0.1) is 0 Å². The summed E-state index contributed by atoms with van der Waals surface area (Å²) in [5, 5.41) is 0. The summed E-state index contributed by atoms with van der Waals surface area (Å²) in [6.07, 6.45) is 4.84. The molecule has 1 aliphatic carbocycles. The number of hydrogen-bond donors (Lipinski definition) is 1. The molecule has 0 aromatic heterocycles. The lowest BCUT2D eigenvalue weighted by atomic mass is 10.00. The average molecular weight is 187 g/mol. The first-order chi connectivity index (χ1) is 6.81. The third-order valence-corrected chi connectivity index (χ3v) is 2.74. The van der Waals surface area contributed by atoms with E-state index in [-0.39, 0.29) is 0 Å². The van der Waals surface area contributed by atoms with E-state index in [0.29, 0.717) is 6.54 Å². The van der Waals surface area contributed by atoms with E-state index in [0.717, 1.165) is 5.92 Å². The highest BCUT2D eigenvalue weighted by molar-refractivity contribution is 5.69. The molecule has 0 radical (unpaired) electrons. The van der Waals surface area contributed by atoms with Crippen molar-refractivity contribution < 1.29 is 0 Å². The van der Waals surface area contributed by atoms with E-state index >= 15 is 0 Å². The minimum Gasteiger partial charge on any atom is -0.327 e. The van der Waals surface area contributed by atoms with Gasteiger partial charge in [0, 0.05) is 6.54 Å². The van der Waals surface area contributed by atoms with E-state index in [1.807, 2.05) is 0 Å². The fraction of sp³-hybridized carbons (Fsp3) is 0.385. The van der Waals surface area contributed by atoms with Gasteiger partial charge in [-0.3, -0.25) is 0 Å². The quantitative estimate of drug-likeness (QED) is 0.773. The van der Waals surface area contributed by atoms with E-state index in [4.69, 9.17) is 5.73 Å². The van der Waals surface area contributed by atoms with Crippen molar-refractivity contribution in [1.82, 2.24) is 0 Å². The molecule has 2 N–H and O–H groups in total. The minimum absolute atomic E-state index is 0.652. The summed E-state index contributed by atoms with van der Waals surface area (Å²) in [5.41, 5.74) is 9.70. The van der Waals surface area contributed by atoms with Gasteiger partial charge in [-0.05, 0) is 36.8 Å². The maximum atomic E-state index is 5.59. The molecule has 0 bridgehead atoms. The summed E-state index contributed by atoms with van der Waals surface area (Å²) in [5.74, 6) is 0.779. The van der Waals surface area contributed by atoms with Gasteiger partial charge >= 0.3 is 0 Å². The van der Waals surface area contributed by atoms with Crippen LogP contribution in [0.5, 0.6) is 0 Å². The number of nitrogens with two attached hydrogens (primary N) is 1. The van der Waals surface area contributed by atoms with Crippen LogP contribution in [-0.2, 0) is 0 Å². The van der Waals surface area contributed by atoms with Crippen molar-refractivity contribution >= 4 is 5.57 Å². The Labute approximate surface area is 85.6 Å². The van der Waals surface area contributed by atoms with Gasteiger partial charge in [-0.2, -0.15) is 0 Å². The summed E-state index contributed by atoms with van der Waals surface area (Å²) in [7, 11) is 0. The Morgan fingerprint density at radius 3 is 2.50 bits per heavy atom. The van der Waals surface area contributed by atoms with Crippen LogP contribution < -0.4 is 5.73 Å². The lowest BCUT2D eigenvalue weighted by Gasteiger charge is -2.06. The molecule has 1 aromatic rings. The highest BCUT2D eigenvalue weighted by Gasteiger charge is 2.26. The molecular weight excluding hydrogens is 170 g/mol. The number of benzene rings is 1. The van der Waals surface area contributed by atoms with Gasteiger partial charge in [-0.25, -0.2) is 0 Å². The van der Waals surface area contributed by atoms with Crippen molar-refractivity contribution in [3.05, 3.63) is 41.5 Å². The van der Waals surface area contributed by atoms with Crippen molar-refractivity contribution in [3.63, 3.8) is 0 Å². The third kappa shape index (κ3) is 2.05. The van der Waals surface area contributed by atoms with Crippen LogP contribution >= 0.6 is 0 Å². The van der Waals surface area contributed by atoms with Gasteiger partial charge in [0.2, 0.25) is 0 Å². The first kappa shape index (κ1) is 9.47. The second-order valence-electron chi connectivity index (χ2n) is 4.04. The van der Waals surface area contributed by atoms with Gasteiger partial charge in [-0.15, -0.1) is 0 Å². The molecule has 0 saturated heterocycles. The Balaban J connectivity index is 2.26. The van der Waals surface area contributed by atoms with Crippen molar-refractivity contribution in [2.75, 3.05) is 6.54 Å². The van der Waals surface area contributed by atoms with Gasteiger partial charge in [0.15, 0.2) is 0 Å².